The van der Waals surface area contributed by atoms with E-state index in [1.807, 2.05) is 13.8 Å². The molecule has 0 unspecified atom stereocenters. The number of nitrogens with zero attached hydrogens (tertiary/aromatic N) is 1. The number of benzene rings is 2. The number of aryl methyl sites for hydroxylation is 1. The molecule has 2 rings (SSSR count). The van der Waals surface area contributed by atoms with Gasteiger partial charge in [0.15, 0.2) is 0 Å². The molecule has 6 nitrogen and oxygen atoms in total. The van der Waals surface area contributed by atoms with E-state index in [1.54, 1.807) is 55.6 Å². The number of hydrogen-bond acceptors (Lipinski definition) is 4. The fraction of sp³-hybridized carbons (Fsp3) is 0.316. The number of amides is 1. The minimum absolute atomic E-state index is 0.175. The van der Waals surface area contributed by atoms with Gasteiger partial charge in [-0.2, -0.15) is 0 Å². The first-order valence-electron chi connectivity index (χ1n) is 8.21. The predicted molar refractivity (Wildman–Crippen MR) is 102 cm³/mol. The predicted octanol–water partition coefficient (Wildman–Crippen LogP) is 2.58. The molecule has 0 radical (unpaired) electrons. The first-order valence-corrected chi connectivity index (χ1v) is 9.65. The highest BCUT2D eigenvalue weighted by atomic mass is 32.2. The van der Waals surface area contributed by atoms with Crippen molar-refractivity contribution >= 4 is 21.6 Å². The Labute approximate surface area is 154 Å². The lowest BCUT2D eigenvalue weighted by Gasteiger charge is -2.23. The third-order valence-electron chi connectivity index (χ3n) is 3.96. The highest BCUT2D eigenvalue weighted by molar-refractivity contribution is 7.92. The maximum Gasteiger partial charge on any atom is 0.264 e. The number of ether oxygens (including phenoxy) is 1. The average molecular weight is 376 g/mol. The summed E-state index contributed by atoms with van der Waals surface area (Å²) in [4.78, 5) is 12.7. The number of para-hydroxylation sites is 1. The second-order valence-electron chi connectivity index (χ2n) is 6.13. The second-order valence-corrected chi connectivity index (χ2v) is 8.10. The van der Waals surface area contributed by atoms with E-state index in [4.69, 9.17) is 4.74 Å². The Morgan fingerprint density at radius 3 is 2.38 bits per heavy atom. The highest BCUT2D eigenvalue weighted by Gasteiger charge is 2.25. The minimum atomic E-state index is -3.77. The molecule has 2 aromatic rings. The molecule has 0 heterocycles. The molecule has 0 saturated heterocycles. The molecule has 0 bridgehead atoms. The first kappa shape index (κ1) is 19.9. The lowest BCUT2D eigenvalue weighted by molar-refractivity contribution is 0.0906. The van der Waals surface area contributed by atoms with Gasteiger partial charge >= 0.3 is 0 Å². The summed E-state index contributed by atoms with van der Waals surface area (Å²) in [5.41, 5.74) is 1.57. The Morgan fingerprint density at radius 2 is 1.77 bits per heavy atom. The second kappa shape index (κ2) is 8.33. The summed E-state index contributed by atoms with van der Waals surface area (Å²) in [7, 11) is -0.776. The Balaban J connectivity index is 2.36. The fourth-order valence-electron chi connectivity index (χ4n) is 2.53. The lowest BCUT2D eigenvalue weighted by Crippen LogP contribution is -2.37. The summed E-state index contributed by atoms with van der Waals surface area (Å²) >= 11 is 0. The van der Waals surface area contributed by atoms with Crippen molar-refractivity contribution in [3.05, 3.63) is 59.7 Å². The van der Waals surface area contributed by atoms with Gasteiger partial charge in [0.05, 0.1) is 22.8 Å². The van der Waals surface area contributed by atoms with Crippen LogP contribution in [-0.2, 0) is 14.8 Å². The summed E-state index contributed by atoms with van der Waals surface area (Å²) in [6, 6.07) is 13.0. The minimum Gasteiger partial charge on any atom is -0.383 e. The number of methoxy groups -OCH3 is 1. The zero-order chi connectivity index (χ0) is 19.3. The van der Waals surface area contributed by atoms with Crippen LogP contribution in [0.1, 0.15) is 22.8 Å². The zero-order valence-electron chi connectivity index (χ0n) is 15.4. The summed E-state index contributed by atoms with van der Waals surface area (Å²) in [6.45, 7) is 4.07. The van der Waals surface area contributed by atoms with Gasteiger partial charge in [0.25, 0.3) is 15.9 Å². The maximum absolute atomic E-state index is 12.9. The molecule has 7 heteroatoms. The smallest absolute Gasteiger partial charge is 0.264 e. The Hall–Kier alpha value is -2.38. The van der Waals surface area contributed by atoms with E-state index < -0.39 is 10.0 Å². The topological polar surface area (TPSA) is 75.7 Å². The van der Waals surface area contributed by atoms with E-state index in [9.17, 15) is 13.2 Å². The lowest BCUT2D eigenvalue weighted by atomic mass is 10.1. The standard InChI is InChI=1S/C19H24N2O4S/c1-14-9-11-16(12-10-14)26(23,24)21(3)18-8-6-5-7-17(18)19(22)20-15(2)13-25-4/h5-12,15H,13H2,1-4H3,(H,20,22)/t15-/m0/s1. The van der Waals surface area contributed by atoms with Crippen LogP contribution in [0, 0.1) is 6.92 Å². The van der Waals surface area contributed by atoms with E-state index in [2.05, 4.69) is 5.32 Å². The molecule has 1 N–H and O–H groups in total. The van der Waals surface area contributed by atoms with Crippen molar-refractivity contribution in [1.82, 2.24) is 5.32 Å². The molecule has 0 aliphatic heterocycles. The summed E-state index contributed by atoms with van der Waals surface area (Å²) in [5, 5.41) is 2.81. The van der Waals surface area contributed by atoms with Gasteiger partial charge in [-0.25, -0.2) is 8.42 Å². The van der Waals surface area contributed by atoms with Gasteiger partial charge in [-0.05, 0) is 38.1 Å². The normalized spacial score (nSPS) is 12.5. The van der Waals surface area contributed by atoms with Gasteiger partial charge < -0.3 is 10.1 Å². The number of hydrogen-bond donors (Lipinski definition) is 1. The first-order chi connectivity index (χ1) is 12.3. The van der Waals surface area contributed by atoms with Crippen molar-refractivity contribution in [2.45, 2.75) is 24.8 Å². The van der Waals surface area contributed by atoms with E-state index >= 15 is 0 Å². The van der Waals surface area contributed by atoms with Gasteiger partial charge in [-0.1, -0.05) is 29.8 Å². The maximum atomic E-state index is 12.9. The average Bonchev–Trinajstić information content (AvgIpc) is 2.61. The SMILES string of the molecule is COC[C@H](C)NC(=O)c1ccccc1N(C)S(=O)(=O)c1ccc(C)cc1. The van der Waals surface area contributed by atoms with Crippen molar-refractivity contribution < 1.29 is 17.9 Å². The largest absolute Gasteiger partial charge is 0.383 e. The van der Waals surface area contributed by atoms with Crippen molar-refractivity contribution in [2.75, 3.05) is 25.1 Å². The van der Waals surface area contributed by atoms with E-state index in [-0.39, 0.29) is 22.4 Å². The van der Waals surface area contributed by atoms with Crippen LogP contribution in [0.3, 0.4) is 0 Å². The Morgan fingerprint density at radius 1 is 1.15 bits per heavy atom. The number of nitrogens with one attached hydrogen (secondary N) is 1. The molecular weight excluding hydrogens is 352 g/mol. The van der Waals surface area contributed by atoms with Gasteiger partial charge in [0.1, 0.15) is 0 Å². The molecule has 0 fully saturated rings. The van der Waals surface area contributed by atoms with Crippen molar-refractivity contribution in [3.8, 4) is 0 Å². The van der Waals surface area contributed by atoms with Crippen LogP contribution in [0.2, 0.25) is 0 Å². The van der Waals surface area contributed by atoms with Crippen LogP contribution in [0.5, 0.6) is 0 Å². The Kier molecular flexibility index (Phi) is 6.39. The zero-order valence-corrected chi connectivity index (χ0v) is 16.2. The molecular formula is C19H24N2O4S. The van der Waals surface area contributed by atoms with Crippen LogP contribution in [0.25, 0.3) is 0 Å². The molecule has 0 aliphatic rings. The number of sulfonamides is 1. The third kappa shape index (κ3) is 4.42. The van der Waals surface area contributed by atoms with Crippen molar-refractivity contribution in [1.29, 1.82) is 0 Å². The van der Waals surface area contributed by atoms with E-state index in [1.165, 1.54) is 7.05 Å². The van der Waals surface area contributed by atoms with Gasteiger partial charge in [0.2, 0.25) is 0 Å². The fourth-order valence-corrected chi connectivity index (χ4v) is 3.75. The molecule has 0 spiro atoms. The van der Waals surface area contributed by atoms with Crippen LogP contribution in [0.15, 0.2) is 53.4 Å². The van der Waals surface area contributed by atoms with Crippen LogP contribution in [-0.4, -0.2) is 41.1 Å². The summed E-state index contributed by atoms with van der Waals surface area (Å²) < 4.78 is 32.0. The van der Waals surface area contributed by atoms with Crippen LogP contribution < -0.4 is 9.62 Å². The molecule has 1 atom stereocenters. The van der Waals surface area contributed by atoms with Crippen molar-refractivity contribution in [3.63, 3.8) is 0 Å². The molecule has 0 aliphatic carbocycles. The highest BCUT2D eigenvalue weighted by Crippen LogP contribution is 2.26. The molecule has 0 saturated carbocycles. The number of carbonyl (C=O) groups is 1. The van der Waals surface area contributed by atoms with Crippen molar-refractivity contribution in [2.24, 2.45) is 0 Å². The molecule has 0 aromatic heterocycles. The number of anilines is 1. The van der Waals surface area contributed by atoms with E-state index in [0.29, 0.717) is 12.3 Å². The van der Waals surface area contributed by atoms with Crippen LogP contribution in [0.4, 0.5) is 5.69 Å². The van der Waals surface area contributed by atoms with E-state index in [0.717, 1.165) is 9.87 Å². The van der Waals surface area contributed by atoms with Gasteiger partial charge in [0, 0.05) is 20.2 Å². The molecule has 1 amide bonds. The monoisotopic (exact) mass is 376 g/mol. The van der Waals surface area contributed by atoms with Crippen LogP contribution >= 0.6 is 0 Å². The number of rotatable bonds is 7. The van der Waals surface area contributed by atoms with Gasteiger partial charge in [-0.15, -0.1) is 0 Å². The molecule has 140 valence electrons. The Bertz CT molecular complexity index is 863. The quantitative estimate of drug-likeness (QED) is 0.806. The van der Waals surface area contributed by atoms with Gasteiger partial charge in [-0.3, -0.25) is 9.10 Å². The molecule has 2 aromatic carbocycles. The number of carbonyl (C=O) groups excluding carboxylic acids is 1. The summed E-state index contributed by atoms with van der Waals surface area (Å²) in [5.74, 6) is -0.351. The molecule has 26 heavy (non-hydrogen) atoms. The summed E-state index contributed by atoms with van der Waals surface area (Å²) in [6.07, 6.45) is 0. The third-order valence-corrected chi connectivity index (χ3v) is 5.75.